The second-order valence-corrected chi connectivity index (χ2v) is 9.41. The van der Waals surface area contributed by atoms with Crippen LogP contribution in [-0.4, -0.2) is 53.3 Å². The molecule has 0 spiro atoms. The summed E-state index contributed by atoms with van der Waals surface area (Å²) in [5, 5.41) is 11.0. The molecule has 1 atom stereocenters. The van der Waals surface area contributed by atoms with Gasteiger partial charge >= 0.3 is 12.0 Å². The summed E-state index contributed by atoms with van der Waals surface area (Å²) < 4.78 is 10.5. The number of amides is 1. The molecule has 222 valence electrons. The second-order valence-electron chi connectivity index (χ2n) is 9.41. The van der Waals surface area contributed by atoms with Gasteiger partial charge in [0.05, 0.1) is 13.7 Å². The summed E-state index contributed by atoms with van der Waals surface area (Å²) in [6, 6.07) is 16.0. The summed E-state index contributed by atoms with van der Waals surface area (Å²) in [6.07, 6.45) is 14.0. The van der Waals surface area contributed by atoms with Crippen molar-refractivity contribution in [3.05, 3.63) is 114 Å². The lowest BCUT2D eigenvalue weighted by Crippen LogP contribution is -2.43. The summed E-state index contributed by atoms with van der Waals surface area (Å²) in [5.74, 6) is -0.844. The van der Waals surface area contributed by atoms with Crippen LogP contribution >= 0.6 is 0 Å². The number of hydrogen-bond acceptors (Lipinski definition) is 7. The molecule has 3 aromatic rings. The summed E-state index contributed by atoms with van der Waals surface area (Å²) >= 11 is 0. The van der Waals surface area contributed by atoms with Crippen molar-refractivity contribution in [2.75, 3.05) is 20.3 Å². The number of carbonyl (C=O) groups is 2. The number of benzene rings is 2. The molecular formula is C34H41N3O5. The van der Waals surface area contributed by atoms with Crippen LogP contribution in [0.3, 0.4) is 0 Å². The standard InChI is InChI=1S/C28H27N3O4.C5H10O.CH4/c1-34-27(33)25(16-20-8-4-2-5-9-20)31-26(32)23-14-12-22(13-15-23)24-17-29-28(30-18-24)35-19-21-10-6-3-7-11-21;1-3-5(2)4-6;/h2,4-6,8-15,17-18,25H,3,7,16,19H2,1H3,(H,31,32);3,6H,4H2,1-2H3;1H4/b;5-3+;. The van der Waals surface area contributed by atoms with Crippen molar-refractivity contribution in [2.45, 2.75) is 46.6 Å². The van der Waals surface area contributed by atoms with E-state index in [9.17, 15) is 9.59 Å². The number of aromatic nitrogens is 2. The van der Waals surface area contributed by atoms with Gasteiger partial charge in [0.2, 0.25) is 0 Å². The first-order valence-electron chi connectivity index (χ1n) is 13.5. The number of hydrogen-bond donors (Lipinski definition) is 2. The molecule has 1 unspecified atom stereocenters. The summed E-state index contributed by atoms with van der Waals surface area (Å²) in [7, 11) is 1.31. The average molecular weight is 572 g/mol. The van der Waals surface area contributed by atoms with Crippen LogP contribution in [0.5, 0.6) is 6.01 Å². The normalized spacial score (nSPS) is 13.0. The number of esters is 1. The zero-order chi connectivity index (χ0) is 29.5. The monoisotopic (exact) mass is 571 g/mol. The Bertz CT molecular complexity index is 1350. The molecule has 1 amide bonds. The van der Waals surface area contributed by atoms with Crippen molar-refractivity contribution in [1.82, 2.24) is 15.3 Å². The van der Waals surface area contributed by atoms with E-state index in [0.717, 1.165) is 40.7 Å². The molecule has 0 bridgehead atoms. The molecule has 1 heterocycles. The van der Waals surface area contributed by atoms with Gasteiger partial charge in [-0.25, -0.2) is 14.8 Å². The van der Waals surface area contributed by atoms with Crippen molar-refractivity contribution in [3.8, 4) is 17.1 Å². The molecule has 0 saturated carbocycles. The first-order chi connectivity index (χ1) is 19.9. The largest absolute Gasteiger partial charge is 0.467 e. The fourth-order valence-corrected chi connectivity index (χ4v) is 3.79. The van der Waals surface area contributed by atoms with Crippen molar-refractivity contribution >= 4 is 11.9 Å². The van der Waals surface area contributed by atoms with Gasteiger partial charge in [0, 0.05) is 29.9 Å². The van der Waals surface area contributed by atoms with Crippen LogP contribution < -0.4 is 10.1 Å². The maximum atomic E-state index is 12.8. The quantitative estimate of drug-likeness (QED) is 0.230. The zero-order valence-electron chi connectivity index (χ0n) is 23.7. The smallest absolute Gasteiger partial charge is 0.328 e. The summed E-state index contributed by atoms with van der Waals surface area (Å²) in [4.78, 5) is 33.6. The van der Waals surface area contributed by atoms with Gasteiger partial charge in [-0.05, 0) is 55.5 Å². The third kappa shape index (κ3) is 10.8. The lowest BCUT2D eigenvalue weighted by molar-refractivity contribution is -0.142. The minimum atomic E-state index is -0.782. The molecule has 8 heteroatoms. The Balaban J connectivity index is 0.000000798. The molecular weight excluding hydrogens is 530 g/mol. The van der Waals surface area contributed by atoms with Gasteiger partial charge in [0.1, 0.15) is 12.6 Å². The van der Waals surface area contributed by atoms with E-state index in [1.165, 1.54) is 7.11 Å². The number of allylic oxidation sites excluding steroid dienone is 3. The molecule has 4 rings (SSSR count). The van der Waals surface area contributed by atoms with Gasteiger partial charge in [-0.15, -0.1) is 0 Å². The van der Waals surface area contributed by atoms with E-state index in [-0.39, 0.29) is 19.9 Å². The van der Waals surface area contributed by atoms with Crippen LogP contribution in [0, 0.1) is 0 Å². The minimum Gasteiger partial charge on any atom is -0.467 e. The predicted octanol–water partition coefficient (Wildman–Crippen LogP) is 5.89. The Hall–Kier alpha value is -4.56. The predicted molar refractivity (Wildman–Crippen MR) is 166 cm³/mol. The molecule has 2 N–H and O–H groups in total. The van der Waals surface area contributed by atoms with E-state index in [1.54, 1.807) is 24.5 Å². The van der Waals surface area contributed by atoms with E-state index in [0.29, 0.717) is 24.6 Å². The number of carbonyl (C=O) groups excluding carboxylic acids is 2. The van der Waals surface area contributed by atoms with Crippen molar-refractivity contribution < 1.29 is 24.2 Å². The maximum absolute atomic E-state index is 12.8. The van der Waals surface area contributed by atoms with Gasteiger partial charge in [-0.3, -0.25) is 4.79 Å². The van der Waals surface area contributed by atoms with Gasteiger partial charge in [0.25, 0.3) is 5.91 Å². The zero-order valence-corrected chi connectivity index (χ0v) is 23.7. The van der Waals surface area contributed by atoms with Gasteiger partial charge < -0.3 is 19.9 Å². The van der Waals surface area contributed by atoms with E-state index >= 15 is 0 Å². The molecule has 0 saturated heterocycles. The number of ether oxygens (including phenoxy) is 2. The fourth-order valence-electron chi connectivity index (χ4n) is 3.79. The molecule has 2 aromatic carbocycles. The van der Waals surface area contributed by atoms with Crippen LogP contribution in [0.25, 0.3) is 11.1 Å². The van der Waals surface area contributed by atoms with Gasteiger partial charge in [0.15, 0.2) is 0 Å². The Morgan fingerprint density at radius 3 is 2.26 bits per heavy atom. The highest BCUT2D eigenvalue weighted by atomic mass is 16.5. The molecule has 0 aliphatic heterocycles. The number of methoxy groups -OCH3 is 1. The molecule has 1 aliphatic carbocycles. The number of aliphatic hydroxyl groups is 1. The first-order valence-corrected chi connectivity index (χ1v) is 13.5. The van der Waals surface area contributed by atoms with Gasteiger partial charge in [-0.2, -0.15) is 0 Å². The van der Waals surface area contributed by atoms with E-state index in [1.807, 2.05) is 62.4 Å². The fraction of sp³-hybridized carbons (Fsp3) is 0.294. The molecule has 8 nitrogen and oxygen atoms in total. The minimum absolute atomic E-state index is 0. The third-order valence-corrected chi connectivity index (χ3v) is 6.36. The van der Waals surface area contributed by atoms with Crippen LogP contribution in [-0.2, 0) is 16.0 Å². The molecule has 1 aliphatic rings. The van der Waals surface area contributed by atoms with Crippen molar-refractivity contribution in [1.29, 1.82) is 0 Å². The third-order valence-electron chi connectivity index (χ3n) is 6.36. The van der Waals surface area contributed by atoms with Crippen molar-refractivity contribution in [2.24, 2.45) is 0 Å². The van der Waals surface area contributed by atoms with Crippen LogP contribution in [0.4, 0.5) is 0 Å². The SMILES string of the molecule is C.C/C=C(\C)CO.COC(=O)C(Cc1ccccc1)NC(=O)c1ccc(-c2cnc(OCC3=CCCC=C3)nc2)cc1. The highest BCUT2D eigenvalue weighted by molar-refractivity contribution is 5.97. The Labute approximate surface area is 248 Å². The molecule has 0 fully saturated rings. The van der Waals surface area contributed by atoms with Crippen LogP contribution in [0.15, 0.2) is 102 Å². The Morgan fingerprint density at radius 2 is 1.71 bits per heavy atom. The maximum Gasteiger partial charge on any atom is 0.328 e. The second kappa shape index (κ2) is 18.0. The van der Waals surface area contributed by atoms with E-state index in [2.05, 4.69) is 33.5 Å². The van der Waals surface area contributed by atoms with Gasteiger partial charge in [-0.1, -0.05) is 79.8 Å². The van der Waals surface area contributed by atoms with Crippen LogP contribution in [0.2, 0.25) is 0 Å². The summed E-state index contributed by atoms with van der Waals surface area (Å²) in [6.45, 7) is 4.43. The highest BCUT2D eigenvalue weighted by Gasteiger charge is 2.22. The number of rotatable bonds is 10. The van der Waals surface area contributed by atoms with Crippen molar-refractivity contribution in [3.63, 3.8) is 0 Å². The Morgan fingerprint density at radius 1 is 1.02 bits per heavy atom. The highest BCUT2D eigenvalue weighted by Crippen LogP contribution is 2.20. The number of aliphatic hydroxyl groups excluding tert-OH is 1. The van der Waals surface area contributed by atoms with Crippen LogP contribution in [0.1, 0.15) is 50.0 Å². The first kappa shape index (κ1) is 33.6. The molecule has 1 aromatic heterocycles. The van der Waals surface area contributed by atoms with E-state index in [4.69, 9.17) is 14.6 Å². The summed E-state index contributed by atoms with van der Waals surface area (Å²) in [5.41, 5.74) is 5.17. The van der Waals surface area contributed by atoms with E-state index < -0.39 is 12.0 Å². The average Bonchev–Trinajstić information content (AvgIpc) is 3.04. The topological polar surface area (TPSA) is 111 Å². The Kier molecular flexibility index (Phi) is 14.4. The number of nitrogens with one attached hydrogen (secondary N) is 1. The molecule has 42 heavy (non-hydrogen) atoms. The lowest BCUT2D eigenvalue weighted by atomic mass is 10.0. The lowest BCUT2D eigenvalue weighted by Gasteiger charge is -2.17. The molecule has 0 radical (unpaired) electrons. The number of nitrogens with zero attached hydrogens (tertiary/aromatic N) is 2.